The van der Waals surface area contributed by atoms with Crippen molar-refractivity contribution in [1.82, 2.24) is 4.98 Å². The van der Waals surface area contributed by atoms with Gasteiger partial charge < -0.3 is 9.47 Å². The molecule has 1 unspecified atom stereocenters. The van der Waals surface area contributed by atoms with E-state index in [-0.39, 0.29) is 6.23 Å². The summed E-state index contributed by atoms with van der Waals surface area (Å²) in [5.74, 6) is 0.236. The van der Waals surface area contributed by atoms with Gasteiger partial charge in [-0.15, -0.1) is 0 Å². The number of hydrogen-bond acceptors (Lipinski definition) is 7. The molecular formula is C17H15N3O3S. The van der Waals surface area contributed by atoms with Crippen molar-refractivity contribution in [1.29, 1.82) is 5.26 Å². The third-order valence-electron chi connectivity index (χ3n) is 3.79. The number of rotatable bonds is 3. The molecule has 0 saturated heterocycles. The average Bonchev–Trinajstić information content (AvgIpc) is 2.63. The van der Waals surface area contributed by atoms with Gasteiger partial charge in [0, 0.05) is 18.2 Å². The number of anilines is 2. The summed E-state index contributed by atoms with van der Waals surface area (Å²) in [7, 11) is 2.95. The second-order valence-corrected chi connectivity index (χ2v) is 6.16. The molecule has 6 nitrogen and oxygen atoms in total. The predicted molar refractivity (Wildman–Crippen MR) is 89.5 cm³/mol. The fourth-order valence-electron chi connectivity index (χ4n) is 2.53. The third-order valence-corrected chi connectivity index (χ3v) is 4.96. The summed E-state index contributed by atoms with van der Waals surface area (Å²) in [6.07, 6.45) is 1.28. The summed E-state index contributed by atoms with van der Waals surface area (Å²) >= 11 is 1.46. The zero-order chi connectivity index (χ0) is 17.3. The first-order chi connectivity index (χ1) is 11.6. The Kier molecular flexibility index (Phi) is 4.42. The highest BCUT2D eigenvalue weighted by atomic mass is 32.2. The second kappa shape index (κ2) is 6.51. The number of nitrogens with zero attached hydrogens (tertiary/aromatic N) is 3. The fraction of sp³-hybridized carbons (Fsp3) is 0.235. The maximum absolute atomic E-state index is 11.9. The molecule has 0 radical (unpaired) electrons. The Balaban J connectivity index is 2.20. The van der Waals surface area contributed by atoms with E-state index in [1.165, 1.54) is 18.9 Å². The van der Waals surface area contributed by atoms with Crippen molar-refractivity contribution in [3.8, 4) is 6.07 Å². The Morgan fingerprint density at radius 1 is 1.38 bits per heavy atom. The highest BCUT2D eigenvalue weighted by Crippen LogP contribution is 2.49. The molecule has 1 atom stereocenters. The zero-order valence-electron chi connectivity index (χ0n) is 13.4. The van der Waals surface area contributed by atoms with Gasteiger partial charge in [0.15, 0.2) is 5.82 Å². The Labute approximate surface area is 144 Å². The Hall–Kier alpha value is -2.56. The number of esters is 1. The first-order valence-corrected chi connectivity index (χ1v) is 8.03. The number of carbonyl (C=O) groups excluding carboxylic acids is 1. The first-order valence-electron chi connectivity index (χ1n) is 7.22. The number of aromatic nitrogens is 1. The van der Waals surface area contributed by atoms with Crippen molar-refractivity contribution in [2.75, 3.05) is 19.1 Å². The van der Waals surface area contributed by atoms with Gasteiger partial charge in [0.1, 0.15) is 12.3 Å². The number of pyridine rings is 1. The minimum Gasteiger partial charge on any atom is -0.465 e. The average molecular weight is 341 g/mol. The molecule has 0 N–H and O–H groups in total. The number of hydrogen-bond donors (Lipinski definition) is 0. The van der Waals surface area contributed by atoms with Gasteiger partial charge in [-0.05, 0) is 31.2 Å². The Bertz CT molecular complexity index is 847. The molecule has 1 aromatic heterocycles. The predicted octanol–water partition coefficient (Wildman–Crippen LogP) is 3.33. The van der Waals surface area contributed by atoms with Gasteiger partial charge in [0.2, 0.25) is 0 Å². The van der Waals surface area contributed by atoms with Crippen LogP contribution in [0.5, 0.6) is 0 Å². The number of nitriles is 1. The van der Waals surface area contributed by atoms with E-state index in [4.69, 9.17) is 9.47 Å². The first kappa shape index (κ1) is 16.3. The van der Waals surface area contributed by atoms with Crippen LogP contribution < -0.4 is 4.90 Å². The number of carbonyl (C=O) groups is 1. The summed E-state index contributed by atoms with van der Waals surface area (Å²) < 4.78 is 10.3. The highest BCUT2D eigenvalue weighted by Gasteiger charge is 2.30. The summed E-state index contributed by atoms with van der Waals surface area (Å²) in [5.41, 5.74) is 1.80. The molecule has 7 heteroatoms. The lowest BCUT2D eigenvalue weighted by atomic mass is 10.1. The molecule has 0 aliphatic carbocycles. The number of ether oxygens (including phenoxy) is 2. The monoisotopic (exact) mass is 341 g/mol. The lowest BCUT2D eigenvalue weighted by Gasteiger charge is -2.35. The van der Waals surface area contributed by atoms with Crippen LogP contribution in [-0.2, 0) is 9.47 Å². The van der Waals surface area contributed by atoms with Crippen molar-refractivity contribution < 1.29 is 14.3 Å². The van der Waals surface area contributed by atoms with Crippen LogP contribution in [0.3, 0.4) is 0 Å². The molecule has 2 heterocycles. The summed E-state index contributed by atoms with van der Waals surface area (Å²) in [6.45, 7) is 1.88. The van der Waals surface area contributed by atoms with E-state index >= 15 is 0 Å². The van der Waals surface area contributed by atoms with E-state index in [0.717, 1.165) is 15.5 Å². The molecule has 3 rings (SSSR count). The van der Waals surface area contributed by atoms with Crippen LogP contribution in [0.25, 0.3) is 0 Å². The molecule has 24 heavy (non-hydrogen) atoms. The molecule has 0 spiro atoms. The van der Waals surface area contributed by atoms with Crippen molar-refractivity contribution >= 4 is 29.2 Å². The lowest BCUT2D eigenvalue weighted by molar-refractivity contribution is 0.0600. The Morgan fingerprint density at radius 2 is 2.17 bits per heavy atom. The van der Waals surface area contributed by atoms with Gasteiger partial charge in [-0.3, -0.25) is 4.90 Å². The van der Waals surface area contributed by atoms with Gasteiger partial charge in [-0.25, -0.2) is 9.78 Å². The van der Waals surface area contributed by atoms with Crippen molar-refractivity contribution in [2.24, 2.45) is 0 Å². The topological polar surface area (TPSA) is 75.4 Å². The smallest absolute Gasteiger partial charge is 0.337 e. The molecule has 0 bridgehead atoms. The molecule has 122 valence electrons. The minimum absolute atomic E-state index is 0.322. The molecular weight excluding hydrogens is 326 g/mol. The zero-order valence-corrected chi connectivity index (χ0v) is 14.3. The van der Waals surface area contributed by atoms with Gasteiger partial charge in [-0.1, -0.05) is 11.8 Å². The van der Waals surface area contributed by atoms with Crippen LogP contribution in [0.2, 0.25) is 0 Å². The van der Waals surface area contributed by atoms with Crippen LogP contribution >= 0.6 is 11.8 Å². The molecule has 1 aromatic carbocycles. The maximum atomic E-state index is 11.9. The van der Waals surface area contributed by atoms with Gasteiger partial charge in [0.25, 0.3) is 0 Å². The molecule has 0 amide bonds. The second-order valence-electron chi connectivity index (χ2n) is 5.10. The molecule has 1 aliphatic heterocycles. The van der Waals surface area contributed by atoms with E-state index in [9.17, 15) is 10.1 Å². The fourth-order valence-corrected chi connectivity index (χ4v) is 3.62. The van der Waals surface area contributed by atoms with Crippen molar-refractivity contribution in [3.63, 3.8) is 0 Å². The van der Waals surface area contributed by atoms with Crippen LogP contribution in [0.4, 0.5) is 11.5 Å². The van der Waals surface area contributed by atoms with Crippen molar-refractivity contribution in [2.45, 2.75) is 22.9 Å². The largest absolute Gasteiger partial charge is 0.465 e. The maximum Gasteiger partial charge on any atom is 0.337 e. The van der Waals surface area contributed by atoms with Crippen LogP contribution in [-0.4, -0.2) is 31.4 Å². The lowest BCUT2D eigenvalue weighted by Crippen LogP contribution is -2.33. The summed E-state index contributed by atoms with van der Waals surface area (Å²) in [4.78, 5) is 19.9. The quantitative estimate of drug-likeness (QED) is 0.793. The molecule has 2 aromatic rings. The van der Waals surface area contributed by atoms with E-state index < -0.39 is 5.97 Å². The van der Waals surface area contributed by atoms with Crippen LogP contribution in [0, 0.1) is 11.3 Å². The van der Waals surface area contributed by atoms with Crippen LogP contribution in [0.1, 0.15) is 22.8 Å². The third kappa shape index (κ3) is 2.60. The highest BCUT2D eigenvalue weighted by molar-refractivity contribution is 7.99. The number of benzene rings is 1. The SMILES string of the molecule is COC(=O)c1ccc2c(c1)N(C(C)OC)c1nccc(C#N)c1S2. The minimum atomic E-state index is -0.405. The van der Waals surface area contributed by atoms with Crippen molar-refractivity contribution in [3.05, 3.63) is 41.6 Å². The Morgan fingerprint density at radius 3 is 2.83 bits per heavy atom. The van der Waals surface area contributed by atoms with Gasteiger partial charge >= 0.3 is 5.97 Å². The van der Waals surface area contributed by atoms with Gasteiger partial charge in [0.05, 0.1) is 28.8 Å². The van der Waals surface area contributed by atoms with Crippen LogP contribution in [0.15, 0.2) is 40.3 Å². The van der Waals surface area contributed by atoms with E-state index in [1.54, 1.807) is 31.5 Å². The molecule has 1 aliphatic rings. The van der Waals surface area contributed by atoms with E-state index in [0.29, 0.717) is 16.9 Å². The van der Waals surface area contributed by atoms with E-state index in [2.05, 4.69) is 11.1 Å². The van der Waals surface area contributed by atoms with Gasteiger partial charge in [-0.2, -0.15) is 5.26 Å². The summed E-state index contributed by atoms with van der Waals surface area (Å²) in [6, 6.07) is 9.20. The number of methoxy groups -OCH3 is 2. The summed E-state index contributed by atoms with van der Waals surface area (Å²) in [5, 5.41) is 9.37. The number of fused-ring (bicyclic) bond motifs is 2. The molecule has 0 fully saturated rings. The standard InChI is InChI=1S/C17H15N3O3S/c1-10(22-2)20-13-8-11(17(21)23-3)4-5-14(13)24-15-12(9-18)6-7-19-16(15)20/h4-8,10H,1-3H3. The normalized spacial score (nSPS) is 13.5. The van der Waals surface area contributed by atoms with E-state index in [1.807, 2.05) is 17.9 Å². The molecule has 0 saturated carbocycles.